The number of benzene rings is 1. The van der Waals surface area contributed by atoms with Gasteiger partial charge >= 0.3 is 0 Å². The van der Waals surface area contributed by atoms with Gasteiger partial charge in [0.1, 0.15) is 5.82 Å². The van der Waals surface area contributed by atoms with Crippen LogP contribution in [0.15, 0.2) is 18.2 Å². The van der Waals surface area contributed by atoms with Crippen LogP contribution in [0.2, 0.25) is 5.02 Å². The Morgan fingerprint density at radius 2 is 2.29 bits per heavy atom. The molecule has 1 heterocycles. The highest BCUT2D eigenvalue weighted by molar-refractivity contribution is 6.30. The quantitative estimate of drug-likeness (QED) is 0.823. The van der Waals surface area contributed by atoms with Crippen LogP contribution in [0.4, 0.5) is 4.39 Å². The zero-order valence-electron chi connectivity index (χ0n) is 7.04. The molecule has 1 aromatic carbocycles. The summed E-state index contributed by atoms with van der Waals surface area (Å²) >= 11 is 5.54. The lowest BCUT2D eigenvalue weighted by Crippen LogP contribution is -1.92. The molecule has 0 saturated heterocycles. The summed E-state index contributed by atoms with van der Waals surface area (Å²) in [7, 11) is 0. The van der Waals surface area contributed by atoms with Gasteiger partial charge in [-0.25, -0.2) is 4.39 Å². The Morgan fingerprint density at radius 3 is 2.93 bits per heavy atom. The largest absolute Gasteiger partial charge is 0.205 e. The van der Waals surface area contributed by atoms with Crippen LogP contribution in [0.3, 0.4) is 0 Å². The van der Waals surface area contributed by atoms with Gasteiger partial charge in [0, 0.05) is 6.42 Å². The Bertz CT molecular complexity index is 429. The predicted octanol–water partition coefficient (Wildman–Crippen LogP) is 1.58. The molecule has 0 aliphatic heterocycles. The Morgan fingerprint density at radius 1 is 1.43 bits per heavy atom. The Balaban J connectivity index is 2.22. The van der Waals surface area contributed by atoms with E-state index in [0.29, 0.717) is 12.2 Å². The van der Waals surface area contributed by atoms with Crippen molar-refractivity contribution in [3.8, 4) is 0 Å². The summed E-state index contributed by atoms with van der Waals surface area (Å²) < 4.78 is 13.0. The highest BCUT2D eigenvalue weighted by Gasteiger charge is 2.04. The van der Waals surface area contributed by atoms with E-state index in [0.717, 1.165) is 5.56 Å². The molecule has 0 amide bonds. The SMILES string of the molecule is Fc1cc(Cc2nn[nH]n2)ccc1Cl. The first-order valence-electron chi connectivity index (χ1n) is 3.92. The lowest BCUT2D eigenvalue weighted by Gasteiger charge is -1.98. The third-order valence-corrected chi connectivity index (χ3v) is 2.04. The van der Waals surface area contributed by atoms with Crippen molar-refractivity contribution in [3.63, 3.8) is 0 Å². The normalized spacial score (nSPS) is 10.4. The maximum atomic E-state index is 13.0. The van der Waals surface area contributed by atoms with E-state index >= 15 is 0 Å². The minimum Gasteiger partial charge on any atom is -0.205 e. The maximum absolute atomic E-state index is 13.0. The van der Waals surface area contributed by atoms with E-state index < -0.39 is 5.82 Å². The second-order valence-electron chi connectivity index (χ2n) is 2.75. The molecule has 2 aromatic rings. The first-order valence-corrected chi connectivity index (χ1v) is 4.30. The molecule has 0 atom stereocenters. The van der Waals surface area contributed by atoms with Crippen LogP contribution in [0.5, 0.6) is 0 Å². The minimum atomic E-state index is -0.437. The van der Waals surface area contributed by atoms with E-state index in [9.17, 15) is 4.39 Å². The molecule has 6 heteroatoms. The number of rotatable bonds is 2. The fourth-order valence-electron chi connectivity index (χ4n) is 1.09. The minimum absolute atomic E-state index is 0.113. The Kier molecular flexibility index (Phi) is 2.41. The van der Waals surface area contributed by atoms with Gasteiger partial charge in [-0.05, 0) is 17.7 Å². The fraction of sp³-hybridized carbons (Fsp3) is 0.125. The van der Waals surface area contributed by atoms with Crippen molar-refractivity contribution in [3.05, 3.63) is 40.4 Å². The summed E-state index contributed by atoms with van der Waals surface area (Å²) in [6.07, 6.45) is 0.435. The Labute approximate surface area is 84.1 Å². The van der Waals surface area contributed by atoms with Gasteiger partial charge in [0.25, 0.3) is 0 Å². The highest BCUT2D eigenvalue weighted by atomic mass is 35.5. The van der Waals surface area contributed by atoms with Gasteiger partial charge < -0.3 is 0 Å². The number of hydrogen-bond acceptors (Lipinski definition) is 3. The molecule has 72 valence electrons. The van der Waals surface area contributed by atoms with Gasteiger partial charge in [-0.15, -0.1) is 10.2 Å². The predicted molar refractivity (Wildman–Crippen MR) is 48.4 cm³/mol. The summed E-state index contributed by atoms with van der Waals surface area (Å²) in [6.45, 7) is 0. The monoisotopic (exact) mass is 212 g/mol. The topological polar surface area (TPSA) is 54.5 Å². The number of aromatic nitrogens is 4. The number of tetrazole rings is 1. The van der Waals surface area contributed by atoms with E-state index in [1.54, 1.807) is 6.07 Å². The van der Waals surface area contributed by atoms with Crippen molar-refractivity contribution in [2.45, 2.75) is 6.42 Å². The average molecular weight is 213 g/mol. The van der Waals surface area contributed by atoms with Crippen molar-refractivity contribution in [1.29, 1.82) is 0 Å². The summed E-state index contributed by atoms with van der Waals surface area (Å²) in [5, 5.41) is 13.4. The summed E-state index contributed by atoms with van der Waals surface area (Å²) in [5.74, 6) is 0.0828. The second kappa shape index (κ2) is 3.71. The molecule has 0 saturated carbocycles. The van der Waals surface area contributed by atoms with Crippen molar-refractivity contribution >= 4 is 11.6 Å². The van der Waals surface area contributed by atoms with Gasteiger partial charge in [-0.2, -0.15) is 5.21 Å². The molecule has 0 radical (unpaired) electrons. The lowest BCUT2D eigenvalue weighted by molar-refractivity contribution is 0.626. The molecular formula is C8H6ClFN4. The van der Waals surface area contributed by atoms with E-state index in [1.807, 2.05) is 0 Å². The van der Waals surface area contributed by atoms with Crippen LogP contribution in [0.25, 0.3) is 0 Å². The molecule has 1 aromatic heterocycles. The van der Waals surface area contributed by atoms with E-state index in [1.165, 1.54) is 12.1 Å². The molecule has 4 nitrogen and oxygen atoms in total. The van der Waals surface area contributed by atoms with Crippen molar-refractivity contribution < 1.29 is 4.39 Å². The van der Waals surface area contributed by atoms with Crippen LogP contribution in [-0.2, 0) is 6.42 Å². The molecule has 0 spiro atoms. The van der Waals surface area contributed by atoms with Crippen LogP contribution in [0.1, 0.15) is 11.4 Å². The number of H-pyrrole nitrogens is 1. The first kappa shape index (κ1) is 9.08. The average Bonchev–Trinajstić information content (AvgIpc) is 2.64. The number of hydrogen-bond donors (Lipinski definition) is 1. The summed E-state index contributed by atoms with van der Waals surface area (Å²) in [4.78, 5) is 0. The van der Waals surface area contributed by atoms with E-state index in [2.05, 4.69) is 20.6 Å². The zero-order chi connectivity index (χ0) is 9.97. The molecule has 2 rings (SSSR count). The van der Waals surface area contributed by atoms with E-state index in [4.69, 9.17) is 11.6 Å². The molecule has 0 bridgehead atoms. The van der Waals surface area contributed by atoms with Gasteiger partial charge in [-0.1, -0.05) is 22.9 Å². The Hall–Kier alpha value is -1.49. The zero-order valence-corrected chi connectivity index (χ0v) is 7.79. The van der Waals surface area contributed by atoms with Crippen LogP contribution < -0.4 is 0 Å². The van der Waals surface area contributed by atoms with Crippen LogP contribution >= 0.6 is 11.6 Å². The third-order valence-electron chi connectivity index (χ3n) is 1.74. The molecule has 14 heavy (non-hydrogen) atoms. The lowest BCUT2D eigenvalue weighted by atomic mass is 10.1. The molecule has 0 aliphatic carbocycles. The molecule has 0 fully saturated rings. The van der Waals surface area contributed by atoms with Crippen molar-refractivity contribution in [2.24, 2.45) is 0 Å². The second-order valence-corrected chi connectivity index (χ2v) is 3.16. The number of nitrogens with zero attached hydrogens (tertiary/aromatic N) is 3. The van der Waals surface area contributed by atoms with Gasteiger partial charge in [0.15, 0.2) is 5.82 Å². The van der Waals surface area contributed by atoms with Crippen molar-refractivity contribution in [2.75, 3.05) is 0 Å². The molecule has 0 aliphatic rings. The van der Waals surface area contributed by atoms with Crippen LogP contribution in [0, 0.1) is 5.82 Å². The van der Waals surface area contributed by atoms with Gasteiger partial charge in [0.2, 0.25) is 0 Å². The first-order chi connectivity index (χ1) is 6.75. The highest BCUT2D eigenvalue weighted by Crippen LogP contribution is 2.16. The number of nitrogens with one attached hydrogen (secondary N) is 1. The standard InChI is InChI=1S/C8H6ClFN4/c9-6-2-1-5(3-7(6)10)4-8-11-13-14-12-8/h1-3H,4H2,(H,11,12,13,14). The van der Waals surface area contributed by atoms with Crippen LogP contribution in [-0.4, -0.2) is 20.6 Å². The third kappa shape index (κ3) is 1.88. The molecular weight excluding hydrogens is 207 g/mol. The van der Waals surface area contributed by atoms with Gasteiger partial charge in [0.05, 0.1) is 5.02 Å². The smallest absolute Gasteiger partial charge is 0.178 e. The number of halogens is 2. The summed E-state index contributed by atoms with van der Waals surface area (Å²) in [6, 6.07) is 4.59. The number of aromatic amines is 1. The fourth-order valence-corrected chi connectivity index (χ4v) is 1.21. The van der Waals surface area contributed by atoms with E-state index in [-0.39, 0.29) is 5.02 Å². The molecule has 1 N–H and O–H groups in total. The summed E-state index contributed by atoms with van der Waals surface area (Å²) in [5.41, 5.74) is 0.758. The maximum Gasteiger partial charge on any atom is 0.178 e. The van der Waals surface area contributed by atoms with Gasteiger partial charge in [-0.3, -0.25) is 0 Å². The molecule has 0 unspecified atom stereocenters. The van der Waals surface area contributed by atoms with Crippen molar-refractivity contribution in [1.82, 2.24) is 20.6 Å².